The van der Waals surface area contributed by atoms with Gasteiger partial charge in [-0.05, 0) is 61.2 Å². The number of anilines is 1. The maximum Gasteiger partial charge on any atom is 0.326 e. The van der Waals surface area contributed by atoms with Gasteiger partial charge >= 0.3 is 29.8 Å². The van der Waals surface area contributed by atoms with Crippen LogP contribution in [-0.4, -0.2) is 212 Å². The third-order valence-electron chi connectivity index (χ3n) is 11.2. The quantitative estimate of drug-likeness (QED) is 0.0340. The van der Waals surface area contributed by atoms with Crippen LogP contribution >= 0.6 is 12.2 Å². The number of carboxylic acid groups (broad SMARTS) is 5. The van der Waals surface area contributed by atoms with Gasteiger partial charge in [0, 0.05) is 82.7 Å². The summed E-state index contributed by atoms with van der Waals surface area (Å²) in [7, 11) is 0. The van der Waals surface area contributed by atoms with E-state index in [0.29, 0.717) is 17.7 Å². The number of imide groups is 1. The van der Waals surface area contributed by atoms with Gasteiger partial charge in [0.2, 0.25) is 11.8 Å². The van der Waals surface area contributed by atoms with Crippen molar-refractivity contribution in [3.8, 4) is 0 Å². The summed E-state index contributed by atoms with van der Waals surface area (Å²) in [6, 6.07) is 12.6. The number of nitrogens with one attached hydrogen (secondary N) is 4. The predicted octanol–water partition coefficient (Wildman–Crippen LogP) is -1.16. The van der Waals surface area contributed by atoms with Crippen molar-refractivity contribution >= 4 is 76.5 Å². The number of nitrogens with zero attached hydrogens (tertiary/aromatic N) is 5. The zero-order valence-corrected chi connectivity index (χ0v) is 38.7. The first kappa shape index (κ1) is 54.7. The smallest absolute Gasteiger partial charge is 0.326 e. The summed E-state index contributed by atoms with van der Waals surface area (Å²) in [5.74, 6) is -8.05. The van der Waals surface area contributed by atoms with Crippen LogP contribution in [-0.2, 0) is 56.0 Å². The number of carboxylic acids is 5. The highest BCUT2D eigenvalue weighted by atomic mass is 32.1. The molecule has 0 saturated carbocycles. The number of carbonyl (C=O) groups excluding carboxylic acids is 4. The van der Waals surface area contributed by atoms with E-state index >= 15 is 0 Å². The minimum atomic E-state index is -1.32. The Hall–Kier alpha value is -6.86. The van der Waals surface area contributed by atoms with Gasteiger partial charge in [-0.1, -0.05) is 42.5 Å². The first-order valence-corrected chi connectivity index (χ1v) is 22.6. The van der Waals surface area contributed by atoms with Crippen LogP contribution in [0.2, 0.25) is 0 Å². The molecule has 4 rings (SSSR count). The molecule has 0 aliphatic carbocycles. The number of unbranched alkanes of at least 4 members (excludes halogenated alkanes) is 1. The molecule has 1 unspecified atom stereocenters. The first-order valence-electron chi connectivity index (χ1n) is 22.2. The molecule has 1 fully saturated rings. The fourth-order valence-corrected chi connectivity index (χ4v) is 7.98. The second-order valence-corrected chi connectivity index (χ2v) is 17.0. The first-order chi connectivity index (χ1) is 32.8. The third kappa shape index (κ3) is 20.1. The van der Waals surface area contributed by atoms with Crippen molar-refractivity contribution in [2.75, 3.05) is 90.4 Å². The summed E-state index contributed by atoms with van der Waals surface area (Å²) in [4.78, 5) is 117. The monoisotopic (exact) mass is 981 g/mol. The standard InChI is InChI=1S/C45H59N9O14S/c55-36(48-35(23-30-6-2-1-3-7-30)43(66)49-34(44(67)68)8-4-5-15-54-37(56)13-14-38(54)57)24-46-45(69)47-32-11-9-31(10-12-32)22-33-25-52(28-41(62)63)19-18-50(26-39(58)59)16-17-51(27-40(60)61)20-21-53(33)29-42(64)65/h1-3,6-7,9-14,33-35H,4-5,8,15-29H2,(H,48,55)(H,49,66)(H,58,59)(H,60,61)(H,62,63)(H,64,65)(H,67,68)(H2,46,47,69)/t33?,34-,35-/m0/s1. The molecule has 2 aliphatic rings. The van der Waals surface area contributed by atoms with Crippen LogP contribution in [0.25, 0.3) is 0 Å². The van der Waals surface area contributed by atoms with Crippen molar-refractivity contribution in [1.29, 1.82) is 0 Å². The zero-order chi connectivity index (χ0) is 50.5. The van der Waals surface area contributed by atoms with Gasteiger partial charge in [0.1, 0.15) is 12.1 Å². The number of carbonyl (C=O) groups is 9. The molecule has 2 aliphatic heterocycles. The molecule has 0 spiro atoms. The normalized spacial score (nSPS) is 17.4. The average Bonchev–Trinajstić information content (AvgIpc) is 3.60. The van der Waals surface area contributed by atoms with E-state index in [4.69, 9.17) is 12.2 Å². The van der Waals surface area contributed by atoms with Gasteiger partial charge in [-0.15, -0.1) is 0 Å². The van der Waals surface area contributed by atoms with Crippen LogP contribution in [0.4, 0.5) is 5.69 Å². The molecule has 2 aromatic rings. The van der Waals surface area contributed by atoms with Gasteiger partial charge in [-0.2, -0.15) is 0 Å². The number of amides is 4. The van der Waals surface area contributed by atoms with Crippen molar-refractivity contribution in [3.05, 3.63) is 77.9 Å². The van der Waals surface area contributed by atoms with Gasteiger partial charge in [0.25, 0.3) is 11.8 Å². The molecular weight excluding hydrogens is 923 g/mol. The Bertz CT molecular complexity index is 2160. The SMILES string of the molecule is O=C(O)CN1CCN(CC(=O)O)CCN(CC(=O)O)C(Cc2ccc(NC(=S)NCC(=O)N[C@@H](Cc3ccccc3)C(=O)N[C@@H](CCCCN3C(=O)C=CC3=O)C(=O)O)cc2)CN(CC(=O)O)CC1. The van der Waals surface area contributed by atoms with Crippen molar-refractivity contribution in [2.24, 2.45) is 0 Å². The van der Waals surface area contributed by atoms with Crippen LogP contribution in [0.15, 0.2) is 66.7 Å². The van der Waals surface area contributed by atoms with Gasteiger partial charge in [-0.25, -0.2) is 4.79 Å². The van der Waals surface area contributed by atoms with Gasteiger partial charge in [0.15, 0.2) is 5.11 Å². The topological polar surface area (TPSA) is 319 Å². The molecular formula is C45H59N9O14S. The van der Waals surface area contributed by atoms with Gasteiger partial charge in [-0.3, -0.25) is 62.9 Å². The highest BCUT2D eigenvalue weighted by molar-refractivity contribution is 7.80. The van der Waals surface area contributed by atoms with E-state index in [9.17, 15) is 68.7 Å². The Morgan fingerprint density at radius 1 is 0.638 bits per heavy atom. The molecule has 23 nitrogen and oxygen atoms in total. The van der Waals surface area contributed by atoms with E-state index in [1.807, 2.05) is 0 Å². The largest absolute Gasteiger partial charge is 0.480 e. The number of hydrogen-bond acceptors (Lipinski definition) is 14. The van der Waals surface area contributed by atoms with Gasteiger partial charge < -0.3 is 46.8 Å². The number of aliphatic carboxylic acids is 5. The summed E-state index contributed by atoms with van der Waals surface area (Å²) in [6.45, 7) is -0.766. The molecule has 0 radical (unpaired) electrons. The second kappa shape index (κ2) is 27.8. The van der Waals surface area contributed by atoms with E-state index in [0.717, 1.165) is 22.6 Å². The van der Waals surface area contributed by atoms with E-state index in [2.05, 4.69) is 21.3 Å². The number of hydrogen-bond donors (Lipinski definition) is 9. The van der Waals surface area contributed by atoms with Crippen molar-refractivity contribution in [2.45, 2.75) is 50.2 Å². The van der Waals surface area contributed by atoms with E-state index in [1.165, 1.54) is 0 Å². The molecule has 0 aromatic heterocycles. The minimum absolute atomic E-state index is 0.0000748. The molecule has 2 heterocycles. The molecule has 24 heteroatoms. The lowest BCUT2D eigenvalue weighted by Gasteiger charge is -2.37. The van der Waals surface area contributed by atoms with E-state index in [1.54, 1.807) is 74.2 Å². The Labute approximate surface area is 403 Å². The maximum atomic E-state index is 13.5. The molecule has 9 N–H and O–H groups in total. The molecule has 4 amide bonds. The Morgan fingerprint density at radius 3 is 1.75 bits per heavy atom. The van der Waals surface area contributed by atoms with Crippen LogP contribution in [0, 0.1) is 0 Å². The van der Waals surface area contributed by atoms with E-state index < -0.39 is 84.7 Å². The van der Waals surface area contributed by atoms with Crippen LogP contribution in [0.5, 0.6) is 0 Å². The Morgan fingerprint density at radius 2 is 1.19 bits per heavy atom. The third-order valence-corrected chi connectivity index (χ3v) is 11.5. The summed E-state index contributed by atoms with van der Waals surface area (Å²) < 4.78 is 0. The van der Waals surface area contributed by atoms with Crippen molar-refractivity contribution < 1.29 is 68.7 Å². The summed E-state index contributed by atoms with van der Waals surface area (Å²) in [6.07, 6.45) is 3.18. The van der Waals surface area contributed by atoms with Crippen LogP contribution in [0.1, 0.15) is 30.4 Å². The molecule has 374 valence electrons. The highest BCUT2D eigenvalue weighted by Crippen LogP contribution is 2.17. The molecule has 1 saturated heterocycles. The molecule has 0 bridgehead atoms. The lowest BCUT2D eigenvalue weighted by atomic mass is 10.0. The fraction of sp³-hybridized carbons (Fsp3) is 0.467. The molecule has 2 aromatic carbocycles. The lowest BCUT2D eigenvalue weighted by molar-refractivity contribution is -0.142. The fourth-order valence-electron chi connectivity index (χ4n) is 7.79. The maximum absolute atomic E-state index is 13.5. The van der Waals surface area contributed by atoms with Crippen molar-refractivity contribution in [1.82, 2.24) is 40.4 Å². The number of thiocarbonyl (C=S) groups is 1. The second-order valence-electron chi connectivity index (χ2n) is 16.6. The average molecular weight is 982 g/mol. The predicted molar refractivity (Wildman–Crippen MR) is 251 cm³/mol. The Kier molecular flexibility index (Phi) is 22.1. The Balaban J connectivity index is 1.39. The number of rotatable bonds is 24. The highest BCUT2D eigenvalue weighted by Gasteiger charge is 2.30. The van der Waals surface area contributed by atoms with E-state index in [-0.39, 0.29) is 103 Å². The van der Waals surface area contributed by atoms with Gasteiger partial charge in [0.05, 0.1) is 32.7 Å². The minimum Gasteiger partial charge on any atom is -0.480 e. The molecule has 3 atom stereocenters. The van der Waals surface area contributed by atoms with Crippen LogP contribution < -0.4 is 21.3 Å². The van der Waals surface area contributed by atoms with Crippen molar-refractivity contribution in [3.63, 3.8) is 0 Å². The lowest BCUT2D eigenvalue weighted by Crippen LogP contribution is -2.54. The molecule has 69 heavy (non-hydrogen) atoms. The number of benzene rings is 2. The summed E-state index contributed by atoms with van der Waals surface area (Å²) in [5.41, 5.74) is 1.93. The summed E-state index contributed by atoms with van der Waals surface area (Å²) >= 11 is 5.43. The zero-order valence-electron chi connectivity index (χ0n) is 37.9. The van der Waals surface area contributed by atoms with Crippen LogP contribution in [0.3, 0.4) is 0 Å². The summed E-state index contributed by atoms with van der Waals surface area (Å²) in [5, 5.41) is 59.5.